The number of rotatable bonds is 17. The van der Waals surface area contributed by atoms with Gasteiger partial charge in [0.1, 0.15) is 11.3 Å². The van der Waals surface area contributed by atoms with Crippen molar-refractivity contribution in [3.63, 3.8) is 0 Å². The molecule has 0 atom stereocenters. The van der Waals surface area contributed by atoms with Crippen molar-refractivity contribution in [1.29, 1.82) is 0 Å². The van der Waals surface area contributed by atoms with E-state index in [-0.39, 0.29) is 18.4 Å². The Kier molecular flexibility index (Phi) is 16.7. The van der Waals surface area contributed by atoms with Gasteiger partial charge in [0, 0.05) is 12.0 Å². The van der Waals surface area contributed by atoms with Gasteiger partial charge in [-0.15, -0.1) is 0 Å². The molecule has 1 N–H and O–H groups in total. The standard InChI is InChI=1S/C32H39F3O4/c1-3-5-6-7-8-9-10-11-12-13-14-15-16-17-18-19-20-21-22-23-29(36)39-30-26(4-2)28(32(33,34)35)25-24-27(30)31(37)38/h5-6,8-9,11-12,14-15,17-18,20-21,24-25H,3-4,7,10,13,16,19,22-23H2,1-2H3,(H,37,38). The normalized spacial score (nSPS) is 12.8. The number of hydrogen-bond acceptors (Lipinski definition) is 3. The molecule has 0 saturated carbocycles. The zero-order valence-electron chi connectivity index (χ0n) is 22.8. The summed E-state index contributed by atoms with van der Waals surface area (Å²) in [7, 11) is 0. The zero-order chi connectivity index (χ0) is 28.9. The summed E-state index contributed by atoms with van der Waals surface area (Å²) >= 11 is 0. The molecule has 0 saturated heterocycles. The Labute approximate surface area is 230 Å². The summed E-state index contributed by atoms with van der Waals surface area (Å²) in [6.07, 6.45) is 25.6. The number of halogens is 3. The molecule has 0 heterocycles. The van der Waals surface area contributed by atoms with Crippen molar-refractivity contribution in [2.45, 2.75) is 77.8 Å². The third-order valence-electron chi connectivity index (χ3n) is 5.48. The van der Waals surface area contributed by atoms with Crippen molar-refractivity contribution in [2.75, 3.05) is 0 Å². The fourth-order valence-corrected chi connectivity index (χ4v) is 3.54. The van der Waals surface area contributed by atoms with E-state index in [1.54, 1.807) is 6.08 Å². The maximum absolute atomic E-state index is 13.3. The zero-order valence-corrected chi connectivity index (χ0v) is 22.8. The lowest BCUT2D eigenvalue weighted by molar-refractivity contribution is -0.139. The van der Waals surface area contributed by atoms with E-state index in [1.807, 2.05) is 18.2 Å². The van der Waals surface area contributed by atoms with Crippen molar-refractivity contribution in [3.05, 3.63) is 102 Å². The average molecular weight is 545 g/mol. The van der Waals surface area contributed by atoms with E-state index in [2.05, 4.69) is 55.5 Å². The molecule has 0 aromatic heterocycles. The summed E-state index contributed by atoms with van der Waals surface area (Å²) in [4.78, 5) is 23.7. The van der Waals surface area contributed by atoms with Crippen LogP contribution in [0, 0.1) is 0 Å². The molecule has 0 unspecified atom stereocenters. The summed E-state index contributed by atoms with van der Waals surface area (Å²) < 4.78 is 45.1. The SMILES string of the molecule is CCC=CCC=CCC=CCC=CCC=CCC=CCCC(=O)Oc1c(C(=O)O)ccc(C(F)(F)F)c1CC. The minimum Gasteiger partial charge on any atom is -0.478 e. The quantitative estimate of drug-likeness (QED) is 0.121. The van der Waals surface area contributed by atoms with Gasteiger partial charge in [0.2, 0.25) is 0 Å². The van der Waals surface area contributed by atoms with Gasteiger partial charge < -0.3 is 9.84 Å². The van der Waals surface area contributed by atoms with E-state index in [9.17, 15) is 27.9 Å². The number of carboxylic acid groups (broad SMARTS) is 1. The van der Waals surface area contributed by atoms with Gasteiger partial charge in [0.15, 0.2) is 0 Å². The fraction of sp³-hybridized carbons (Fsp3) is 0.375. The number of esters is 1. The molecule has 4 nitrogen and oxygen atoms in total. The fourth-order valence-electron chi connectivity index (χ4n) is 3.54. The van der Waals surface area contributed by atoms with Crippen LogP contribution in [-0.4, -0.2) is 17.0 Å². The largest absolute Gasteiger partial charge is 0.478 e. The molecule has 1 aromatic carbocycles. The van der Waals surface area contributed by atoms with Crippen LogP contribution >= 0.6 is 0 Å². The number of allylic oxidation sites excluding steroid dienone is 12. The first-order chi connectivity index (χ1) is 18.7. The number of aromatic carboxylic acids is 1. The molecule has 1 rings (SSSR count). The Hall–Kier alpha value is -3.61. The maximum atomic E-state index is 13.3. The molecule has 212 valence electrons. The molecule has 0 amide bonds. The first-order valence-corrected chi connectivity index (χ1v) is 13.3. The molecular weight excluding hydrogens is 505 g/mol. The van der Waals surface area contributed by atoms with Gasteiger partial charge in [-0.05, 0) is 63.5 Å². The molecular formula is C32H39F3O4. The van der Waals surface area contributed by atoms with Crippen LogP contribution in [0.3, 0.4) is 0 Å². The topological polar surface area (TPSA) is 63.6 Å². The second-order valence-electron chi connectivity index (χ2n) is 8.55. The van der Waals surface area contributed by atoms with Crippen molar-refractivity contribution in [1.82, 2.24) is 0 Å². The molecule has 1 aromatic rings. The minimum atomic E-state index is -4.68. The summed E-state index contributed by atoms with van der Waals surface area (Å²) in [5.74, 6) is -2.78. The molecule has 0 radical (unpaired) electrons. The lowest BCUT2D eigenvalue weighted by Crippen LogP contribution is -2.16. The van der Waals surface area contributed by atoms with Gasteiger partial charge in [0.05, 0.1) is 5.56 Å². The Morgan fingerprint density at radius 1 is 0.769 bits per heavy atom. The number of carboxylic acids is 1. The van der Waals surface area contributed by atoms with E-state index in [0.29, 0.717) is 18.9 Å². The molecule has 0 aliphatic rings. The Bertz CT molecular complexity index is 1070. The molecule has 7 heteroatoms. The second kappa shape index (κ2) is 19.5. The lowest BCUT2D eigenvalue weighted by atomic mass is 9.99. The number of carbonyl (C=O) groups is 2. The van der Waals surface area contributed by atoms with E-state index >= 15 is 0 Å². The van der Waals surface area contributed by atoms with E-state index in [1.165, 1.54) is 6.92 Å². The molecule has 0 bridgehead atoms. The summed E-state index contributed by atoms with van der Waals surface area (Å²) in [6.45, 7) is 3.57. The van der Waals surface area contributed by atoms with Gasteiger partial charge in [-0.2, -0.15) is 13.2 Å². The smallest absolute Gasteiger partial charge is 0.416 e. The number of alkyl halides is 3. The van der Waals surface area contributed by atoms with Crippen LogP contribution < -0.4 is 4.74 Å². The van der Waals surface area contributed by atoms with E-state index < -0.39 is 35.0 Å². The van der Waals surface area contributed by atoms with Crippen LogP contribution in [-0.2, 0) is 17.4 Å². The summed E-state index contributed by atoms with van der Waals surface area (Å²) in [6, 6.07) is 1.52. The Morgan fingerprint density at radius 2 is 1.23 bits per heavy atom. The predicted molar refractivity (Wildman–Crippen MR) is 151 cm³/mol. The Morgan fingerprint density at radius 3 is 1.64 bits per heavy atom. The maximum Gasteiger partial charge on any atom is 0.416 e. The van der Waals surface area contributed by atoms with Gasteiger partial charge in [-0.25, -0.2) is 4.79 Å². The predicted octanol–water partition coefficient (Wildman–Crippen LogP) is 9.35. The summed E-state index contributed by atoms with van der Waals surface area (Å²) in [5.41, 5.74) is -1.82. The van der Waals surface area contributed by atoms with E-state index in [4.69, 9.17) is 4.74 Å². The number of benzene rings is 1. The molecule has 39 heavy (non-hydrogen) atoms. The lowest BCUT2D eigenvalue weighted by Gasteiger charge is -2.17. The highest BCUT2D eigenvalue weighted by molar-refractivity contribution is 5.93. The number of hydrogen-bond donors (Lipinski definition) is 1. The monoisotopic (exact) mass is 544 g/mol. The van der Waals surface area contributed by atoms with Crippen molar-refractivity contribution < 1.29 is 32.6 Å². The average Bonchev–Trinajstić information content (AvgIpc) is 2.89. The van der Waals surface area contributed by atoms with Gasteiger partial charge in [-0.1, -0.05) is 86.8 Å². The van der Waals surface area contributed by atoms with Gasteiger partial charge in [-0.3, -0.25) is 4.79 Å². The first kappa shape index (κ1) is 33.4. The third-order valence-corrected chi connectivity index (χ3v) is 5.48. The van der Waals surface area contributed by atoms with Crippen molar-refractivity contribution >= 4 is 11.9 Å². The highest BCUT2D eigenvalue weighted by atomic mass is 19.4. The highest BCUT2D eigenvalue weighted by Gasteiger charge is 2.36. The number of ether oxygens (including phenoxy) is 1. The molecule has 0 aliphatic heterocycles. The Balaban J connectivity index is 2.38. The van der Waals surface area contributed by atoms with Crippen LogP contribution in [0.25, 0.3) is 0 Å². The van der Waals surface area contributed by atoms with Crippen LogP contribution in [0.5, 0.6) is 5.75 Å². The van der Waals surface area contributed by atoms with Crippen LogP contribution in [0.15, 0.2) is 85.0 Å². The van der Waals surface area contributed by atoms with Crippen molar-refractivity contribution in [3.8, 4) is 5.75 Å². The molecule has 0 fully saturated rings. The summed E-state index contributed by atoms with van der Waals surface area (Å²) in [5, 5.41) is 9.34. The molecule has 0 spiro atoms. The first-order valence-electron chi connectivity index (χ1n) is 13.3. The van der Waals surface area contributed by atoms with Crippen molar-refractivity contribution in [2.24, 2.45) is 0 Å². The van der Waals surface area contributed by atoms with E-state index in [0.717, 1.165) is 38.2 Å². The second-order valence-corrected chi connectivity index (χ2v) is 8.55. The number of carbonyl (C=O) groups excluding carboxylic acids is 1. The van der Waals surface area contributed by atoms with Crippen LogP contribution in [0.4, 0.5) is 13.2 Å². The van der Waals surface area contributed by atoms with Gasteiger partial charge in [0.25, 0.3) is 0 Å². The van der Waals surface area contributed by atoms with Gasteiger partial charge >= 0.3 is 18.1 Å². The van der Waals surface area contributed by atoms with Crippen LogP contribution in [0.2, 0.25) is 0 Å². The highest BCUT2D eigenvalue weighted by Crippen LogP contribution is 2.38. The van der Waals surface area contributed by atoms with Crippen LogP contribution in [0.1, 0.15) is 86.7 Å². The third kappa shape index (κ3) is 14.2. The minimum absolute atomic E-state index is 0.0827. The molecule has 0 aliphatic carbocycles.